The number of nitrogens with one attached hydrogen (secondary N) is 1. The van der Waals surface area contributed by atoms with E-state index >= 15 is 0 Å². The van der Waals surface area contributed by atoms with Gasteiger partial charge in [-0.2, -0.15) is 0 Å². The predicted octanol–water partition coefficient (Wildman–Crippen LogP) is 3.51. The second-order valence-corrected chi connectivity index (χ2v) is 6.40. The van der Waals surface area contributed by atoms with Gasteiger partial charge >= 0.3 is 0 Å². The fraction of sp³-hybridized carbons (Fsp3) is 0.625. The maximum Gasteiger partial charge on any atom is 0.134 e. The Bertz CT molecular complexity index is 410. The molecule has 2 atom stereocenters. The summed E-state index contributed by atoms with van der Waals surface area (Å²) >= 11 is 3.39. The van der Waals surface area contributed by atoms with E-state index in [1.807, 2.05) is 24.3 Å². The van der Waals surface area contributed by atoms with Gasteiger partial charge < -0.3 is 14.6 Å². The van der Waals surface area contributed by atoms with Crippen LogP contribution in [0.2, 0.25) is 0 Å². The van der Waals surface area contributed by atoms with Crippen molar-refractivity contribution in [2.75, 3.05) is 13.2 Å². The molecule has 0 spiro atoms. The summed E-state index contributed by atoms with van der Waals surface area (Å²) in [5.74, 6) is 0.819. The highest BCUT2D eigenvalue weighted by atomic mass is 79.9. The van der Waals surface area contributed by atoms with E-state index in [4.69, 9.17) is 9.47 Å². The fourth-order valence-corrected chi connectivity index (χ4v) is 2.78. The van der Waals surface area contributed by atoms with Crippen LogP contribution in [-0.4, -0.2) is 36.7 Å². The highest BCUT2D eigenvalue weighted by Gasteiger charge is 2.22. The molecule has 0 aliphatic heterocycles. The Labute approximate surface area is 147 Å². The molecule has 1 aromatic carbocycles. The molecule has 1 aromatic rings. The van der Waals surface area contributed by atoms with Crippen molar-refractivity contribution >= 4 is 28.3 Å². The lowest BCUT2D eigenvalue weighted by molar-refractivity contribution is -0.0609. The fourth-order valence-electron chi connectivity index (χ4n) is 2.52. The molecule has 1 fully saturated rings. The Kier molecular flexibility index (Phi) is 9.36. The van der Waals surface area contributed by atoms with Gasteiger partial charge in [0.05, 0.1) is 12.7 Å². The predicted molar refractivity (Wildman–Crippen MR) is 93.7 cm³/mol. The molecule has 0 aromatic heterocycles. The summed E-state index contributed by atoms with van der Waals surface area (Å²) in [6.45, 7) is 2.67. The van der Waals surface area contributed by atoms with E-state index in [0.29, 0.717) is 19.3 Å². The first-order valence-corrected chi connectivity index (χ1v) is 8.38. The van der Waals surface area contributed by atoms with Crippen molar-refractivity contribution in [3.63, 3.8) is 0 Å². The third kappa shape index (κ3) is 6.84. The molecule has 0 heterocycles. The van der Waals surface area contributed by atoms with E-state index in [9.17, 15) is 5.11 Å². The standard InChI is InChI=1S/C16H24BrNO3.ClH/c1-12(19)16(18-14-4-2-3-5-14)21-11-10-20-15-8-6-13(17)7-9-15;/h6-9,12,14,16,18-19H,2-5,10-11H2,1H3;1H. The summed E-state index contributed by atoms with van der Waals surface area (Å²) in [5.41, 5.74) is 0. The van der Waals surface area contributed by atoms with Gasteiger partial charge in [-0.3, -0.25) is 5.32 Å². The van der Waals surface area contributed by atoms with Crippen molar-refractivity contribution in [1.82, 2.24) is 5.32 Å². The molecule has 2 N–H and O–H groups in total. The number of benzene rings is 1. The Morgan fingerprint density at radius 1 is 1.23 bits per heavy atom. The van der Waals surface area contributed by atoms with E-state index in [2.05, 4.69) is 21.2 Å². The molecular formula is C16H25BrClNO3. The molecule has 6 heteroatoms. The summed E-state index contributed by atoms with van der Waals surface area (Å²) in [6.07, 6.45) is 4.01. The molecule has 0 amide bonds. The van der Waals surface area contributed by atoms with Gasteiger partial charge in [0.15, 0.2) is 0 Å². The van der Waals surface area contributed by atoms with E-state index in [0.717, 1.165) is 10.2 Å². The van der Waals surface area contributed by atoms with Crippen LogP contribution in [0.5, 0.6) is 5.75 Å². The maximum atomic E-state index is 9.79. The second kappa shape index (κ2) is 10.4. The molecule has 126 valence electrons. The minimum atomic E-state index is -0.529. The van der Waals surface area contributed by atoms with Gasteiger partial charge in [-0.05, 0) is 44.0 Å². The zero-order valence-electron chi connectivity index (χ0n) is 12.8. The Morgan fingerprint density at radius 2 is 1.86 bits per heavy atom. The van der Waals surface area contributed by atoms with E-state index in [-0.39, 0.29) is 18.6 Å². The van der Waals surface area contributed by atoms with Crippen molar-refractivity contribution in [1.29, 1.82) is 0 Å². The van der Waals surface area contributed by atoms with Crippen molar-refractivity contribution in [2.45, 2.75) is 51.0 Å². The molecule has 4 nitrogen and oxygen atoms in total. The molecule has 1 saturated carbocycles. The van der Waals surface area contributed by atoms with Crippen LogP contribution in [0.15, 0.2) is 28.7 Å². The number of hydrogen-bond acceptors (Lipinski definition) is 4. The number of ether oxygens (including phenoxy) is 2. The summed E-state index contributed by atoms with van der Waals surface area (Å²) in [5, 5.41) is 13.2. The number of halogens is 2. The smallest absolute Gasteiger partial charge is 0.134 e. The summed E-state index contributed by atoms with van der Waals surface area (Å²) < 4.78 is 12.4. The largest absolute Gasteiger partial charge is 0.491 e. The third-order valence-corrected chi connectivity index (χ3v) is 4.19. The van der Waals surface area contributed by atoms with Crippen LogP contribution in [0.3, 0.4) is 0 Å². The average Bonchev–Trinajstić information content (AvgIpc) is 2.97. The zero-order chi connectivity index (χ0) is 15.1. The van der Waals surface area contributed by atoms with E-state index in [1.54, 1.807) is 6.92 Å². The topological polar surface area (TPSA) is 50.7 Å². The lowest BCUT2D eigenvalue weighted by atomic mass is 10.2. The van der Waals surface area contributed by atoms with Crippen LogP contribution in [0.25, 0.3) is 0 Å². The number of aliphatic hydroxyl groups excluding tert-OH is 1. The lowest BCUT2D eigenvalue weighted by Crippen LogP contribution is -2.45. The van der Waals surface area contributed by atoms with Crippen LogP contribution < -0.4 is 10.1 Å². The highest BCUT2D eigenvalue weighted by molar-refractivity contribution is 9.10. The summed E-state index contributed by atoms with van der Waals surface area (Å²) in [4.78, 5) is 0. The van der Waals surface area contributed by atoms with Gasteiger partial charge in [-0.1, -0.05) is 28.8 Å². The van der Waals surface area contributed by atoms with Crippen LogP contribution >= 0.6 is 28.3 Å². The lowest BCUT2D eigenvalue weighted by Gasteiger charge is -2.25. The van der Waals surface area contributed by atoms with E-state index in [1.165, 1.54) is 25.7 Å². The van der Waals surface area contributed by atoms with E-state index < -0.39 is 6.10 Å². The van der Waals surface area contributed by atoms with Crippen LogP contribution in [0, 0.1) is 0 Å². The Hall–Kier alpha value is -0.330. The van der Waals surface area contributed by atoms with Crippen molar-refractivity contribution < 1.29 is 14.6 Å². The number of aliphatic hydroxyl groups is 1. The third-order valence-electron chi connectivity index (χ3n) is 3.66. The number of rotatable bonds is 8. The molecule has 2 unspecified atom stereocenters. The SMILES string of the molecule is CC(O)C(NC1CCCC1)OCCOc1ccc(Br)cc1.Cl. The van der Waals surface area contributed by atoms with Gasteiger partial charge in [-0.15, -0.1) is 12.4 Å². The molecule has 0 radical (unpaired) electrons. The molecule has 0 saturated heterocycles. The minimum Gasteiger partial charge on any atom is -0.491 e. The van der Waals surface area contributed by atoms with Gasteiger partial charge in [0, 0.05) is 10.5 Å². The minimum absolute atomic E-state index is 0. The first-order valence-electron chi connectivity index (χ1n) is 7.59. The number of hydrogen-bond donors (Lipinski definition) is 2. The van der Waals surface area contributed by atoms with Gasteiger partial charge in [-0.25, -0.2) is 0 Å². The quantitative estimate of drug-likeness (QED) is 0.523. The zero-order valence-corrected chi connectivity index (χ0v) is 15.2. The summed E-state index contributed by atoms with van der Waals surface area (Å²) in [7, 11) is 0. The maximum absolute atomic E-state index is 9.79. The second-order valence-electron chi connectivity index (χ2n) is 5.48. The highest BCUT2D eigenvalue weighted by Crippen LogP contribution is 2.19. The van der Waals surface area contributed by atoms with Crippen molar-refractivity contribution in [3.05, 3.63) is 28.7 Å². The van der Waals surface area contributed by atoms with Gasteiger partial charge in [0.25, 0.3) is 0 Å². The van der Waals surface area contributed by atoms with Crippen LogP contribution in [-0.2, 0) is 4.74 Å². The molecule has 1 aliphatic rings. The van der Waals surface area contributed by atoms with Crippen LogP contribution in [0.1, 0.15) is 32.6 Å². The van der Waals surface area contributed by atoms with Gasteiger partial charge in [0.2, 0.25) is 0 Å². The first kappa shape index (κ1) is 19.7. The Balaban J connectivity index is 0.00000242. The molecule has 1 aliphatic carbocycles. The summed E-state index contributed by atoms with van der Waals surface area (Å²) in [6, 6.07) is 8.17. The van der Waals surface area contributed by atoms with Crippen molar-refractivity contribution in [3.8, 4) is 5.75 Å². The first-order chi connectivity index (χ1) is 10.1. The van der Waals surface area contributed by atoms with Crippen LogP contribution in [0.4, 0.5) is 0 Å². The average molecular weight is 395 g/mol. The Morgan fingerprint density at radius 3 is 2.45 bits per heavy atom. The van der Waals surface area contributed by atoms with Gasteiger partial charge in [0.1, 0.15) is 18.6 Å². The van der Waals surface area contributed by atoms with Crippen molar-refractivity contribution in [2.24, 2.45) is 0 Å². The molecular weight excluding hydrogens is 370 g/mol. The monoisotopic (exact) mass is 393 g/mol. The molecule has 0 bridgehead atoms. The normalized spacial score (nSPS) is 17.8. The molecule has 2 rings (SSSR count). The molecule has 22 heavy (non-hydrogen) atoms.